The maximum Gasteiger partial charge on any atom is 0.221 e. The number of nitrogens with one attached hydrogen (secondary N) is 1. The fourth-order valence-electron chi connectivity index (χ4n) is 3.75. The number of amides is 1. The maximum absolute atomic E-state index is 13.2. The molecule has 0 saturated heterocycles. The van der Waals surface area contributed by atoms with E-state index >= 15 is 0 Å². The third-order valence-corrected chi connectivity index (χ3v) is 6.47. The highest BCUT2D eigenvalue weighted by molar-refractivity contribution is 7.09. The lowest BCUT2D eigenvalue weighted by atomic mass is 10.1. The number of anilines is 1. The Hall–Kier alpha value is -3.52. The largest absolute Gasteiger partial charge is 0.467 e. The maximum atomic E-state index is 13.2. The van der Waals surface area contributed by atoms with E-state index in [0.29, 0.717) is 31.8 Å². The summed E-state index contributed by atoms with van der Waals surface area (Å²) >= 11 is 1.29. The van der Waals surface area contributed by atoms with Gasteiger partial charge >= 0.3 is 0 Å². The van der Waals surface area contributed by atoms with E-state index in [2.05, 4.69) is 26.8 Å². The van der Waals surface area contributed by atoms with E-state index in [-0.39, 0.29) is 17.8 Å². The fourth-order valence-corrected chi connectivity index (χ4v) is 4.46. The number of furan rings is 1. The number of hydrogen-bond donors (Lipinski definition) is 1. The van der Waals surface area contributed by atoms with Crippen molar-refractivity contribution in [3.63, 3.8) is 0 Å². The van der Waals surface area contributed by atoms with Crippen molar-refractivity contribution in [2.45, 2.75) is 45.2 Å². The van der Waals surface area contributed by atoms with Crippen LogP contribution in [0.4, 0.5) is 9.52 Å². The average molecular weight is 493 g/mol. The predicted octanol–water partition coefficient (Wildman–Crippen LogP) is 5.40. The van der Waals surface area contributed by atoms with Crippen LogP contribution in [0.25, 0.3) is 0 Å². The van der Waals surface area contributed by atoms with Crippen LogP contribution in [0, 0.1) is 5.82 Å². The molecule has 1 unspecified atom stereocenters. The molecule has 6 nitrogen and oxygen atoms in total. The van der Waals surface area contributed by atoms with Crippen LogP contribution in [0.3, 0.4) is 0 Å². The number of carbonyl (C=O) groups excluding carboxylic acids is 1. The molecule has 4 rings (SSSR count). The van der Waals surface area contributed by atoms with Crippen molar-refractivity contribution in [1.29, 1.82) is 0 Å². The quantitative estimate of drug-likeness (QED) is 0.287. The van der Waals surface area contributed by atoms with Crippen molar-refractivity contribution in [1.82, 2.24) is 14.7 Å². The zero-order valence-electron chi connectivity index (χ0n) is 19.7. The van der Waals surface area contributed by atoms with E-state index in [1.54, 1.807) is 18.4 Å². The minimum atomic E-state index is -0.266. The van der Waals surface area contributed by atoms with Crippen molar-refractivity contribution in [3.05, 3.63) is 102 Å². The molecule has 0 saturated carbocycles. The first-order valence-corrected chi connectivity index (χ1v) is 12.5. The standard InChI is InChI=1S/C27H29FN4O2S/c1-20(9-10-21-6-3-2-4-7-21)29-26(33)15-16-32(19-24-8-5-17-34-24)27-30-25(31-35-27)18-22-11-13-23(28)14-12-22/h2-8,11-14,17,20H,9-10,15-16,18-19H2,1H3,(H,29,33). The molecule has 0 bridgehead atoms. The summed E-state index contributed by atoms with van der Waals surface area (Å²) < 4.78 is 23.2. The lowest BCUT2D eigenvalue weighted by Crippen LogP contribution is -2.35. The molecular formula is C27H29FN4O2S. The zero-order valence-corrected chi connectivity index (χ0v) is 20.5. The van der Waals surface area contributed by atoms with Crippen molar-refractivity contribution in [2.75, 3.05) is 11.4 Å². The minimum absolute atomic E-state index is 0.00561. The lowest BCUT2D eigenvalue weighted by Gasteiger charge is -2.21. The van der Waals surface area contributed by atoms with E-state index < -0.39 is 0 Å². The van der Waals surface area contributed by atoms with Crippen LogP contribution in [0.1, 0.15) is 42.5 Å². The Balaban J connectivity index is 1.33. The Morgan fingerprint density at radius 3 is 2.63 bits per heavy atom. The molecule has 1 N–H and O–H groups in total. The van der Waals surface area contributed by atoms with Crippen molar-refractivity contribution < 1.29 is 13.6 Å². The molecule has 0 radical (unpaired) electrons. The second-order valence-electron chi connectivity index (χ2n) is 8.54. The van der Waals surface area contributed by atoms with Gasteiger partial charge in [0.2, 0.25) is 11.0 Å². The molecule has 35 heavy (non-hydrogen) atoms. The first-order chi connectivity index (χ1) is 17.0. The molecule has 0 spiro atoms. The van der Waals surface area contributed by atoms with Crippen molar-refractivity contribution in [3.8, 4) is 0 Å². The Labute approximate surface area is 209 Å². The number of carbonyl (C=O) groups is 1. The molecule has 2 heterocycles. The molecule has 1 atom stereocenters. The molecule has 0 aliphatic rings. The summed E-state index contributed by atoms with van der Waals surface area (Å²) in [6, 6.07) is 20.5. The summed E-state index contributed by atoms with van der Waals surface area (Å²) in [6.45, 7) is 3.02. The van der Waals surface area contributed by atoms with Crippen LogP contribution in [-0.2, 0) is 24.2 Å². The van der Waals surface area contributed by atoms with Crippen LogP contribution in [-0.4, -0.2) is 27.9 Å². The number of aromatic nitrogens is 2. The fraction of sp³-hybridized carbons (Fsp3) is 0.296. The van der Waals surface area contributed by atoms with Gasteiger partial charge in [0.15, 0.2) is 0 Å². The van der Waals surface area contributed by atoms with Gasteiger partial charge in [-0.25, -0.2) is 9.37 Å². The van der Waals surface area contributed by atoms with Crippen LogP contribution in [0.5, 0.6) is 0 Å². The lowest BCUT2D eigenvalue weighted by molar-refractivity contribution is -0.121. The predicted molar refractivity (Wildman–Crippen MR) is 136 cm³/mol. The average Bonchev–Trinajstić information content (AvgIpc) is 3.55. The number of hydrogen-bond acceptors (Lipinski definition) is 6. The van der Waals surface area contributed by atoms with Gasteiger partial charge < -0.3 is 14.6 Å². The van der Waals surface area contributed by atoms with E-state index in [4.69, 9.17) is 4.42 Å². The van der Waals surface area contributed by atoms with E-state index in [1.807, 2.05) is 42.2 Å². The molecule has 4 aromatic rings. The topological polar surface area (TPSA) is 71.3 Å². The Kier molecular flexibility index (Phi) is 8.62. The molecule has 8 heteroatoms. The van der Waals surface area contributed by atoms with Crippen molar-refractivity contribution in [2.24, 2.45) is 0 Å². The first kappa shape index (κ1) is 24.6. The van der Waals surface area contributed by atoms with E-state index in [1.165, 1.54) is 29.2 Å². The van der Waals surface area contributed by atoms with Gasteiger partial charge in [0.05, 0.1) is 12.8 Å². The van der Waals surface area contributed by atoms with Crippen molar-refractivity contribution >= 4 is 22.6 Å². The molecule has 182 valence electrons. The highest BCUT2D eigenvalue weighted by Gasteiger charge is 2.17. The minimum Gasteiger partial charge on any atom is -0.467 e. The number of halogens is 1. The summed E-state index contributed by atoms with van der Waals surface area (Å²) in [6.07, 6.45) is 4.30. The van der Waals surface area contributed by atoms with Gasteiger partial charge in [0, 0.05) is 37.0 Å². The summed E-state index contributed by atoms with van der Waals surface area (Å²) in [5, 5.41) is 3.83. The molecular weight excluding hydrogens is 463 g/mol. The van der Waals surface area contributed by atoms with Gasteiger partial charge in [-0.2, -0.15) is 4.37 Å². The molecule has 0 aliphatic heterocycles. The van der Waals surface area contributed by atoms with E-state index in [9.17, 15) is 9.18 Å². The highest BCUT2D eigenvalue weighted by atomic mass is 32.1. The number of aryl methyl sites for hydroxylation is 1. The molecule has 2 aromatic heterocycles. The summed E-state index contributed by atoms with van der Waals surface area (Å²) in [5.74, 6) is 1.20. The van der Waals surface area contributed by atoms with Gasteiger partial charge in [0.25, 0.3) is 0 Å². The van der Waals surface area contributed by atoms with Crippen LogP contribution in [0.2, 0.25) is 0 Å². The number of rotatable bonds is 12. The number of benzene rings is 2. The zero-order chi connectivity index (χ0) is 24.5. The molecule has 2 aromatic carbocycles. The van der Waals surface area contributed by atoms with Crippen LogP contribution >= 0.6 is 11.5 Å². The summed E-state index contributed by atoms with van der Waals surface area (Å²) in [7, 11) is 0. The van der Waals surface area contributed by atoms with Gasteiger partial charge in [-0.05, 0) is 55.2 Å². The summed E-state index contributed by atoms with van der Waals surface area (Å²) in [5.41, 5.74) is 2.21. The van der Waals surface area contributed by atoms with Gasteiger partial charge in [-0.3, -0.25) is 4.79 Å². The smallest absolute Gasteiger partial charge is 0.221 e. The monoisotopic (exact) mass is 492 g/mol. The Bertz CT molecular complexity index is 1180. The van der Waals surface area contributed by atoms with Gasteiger partial charge in [0.1, 0.15) is 17.4 Å². The molecule has 1 amide bonds. The van der Waals surface area contributed by atoms with Crippen LogP contribution in [0.15, 0.2) is 77.4 Å². The van der Waals surface area contributed by atoms with Gasteiger partial charge in [-0.1, -0.05) is 42.5 Å². The molecule has 0 aliphatic carbocycles. The number of nitrogens with zero attached hydrogens (tertiary/aromatic N) is 3. The SMILES string of the molecule is CC(CCc1ccccc1)NC(=O)CCN(Cc1ccco1)c1nc(Cc2ccc(F)cc2)ns1. The highest BCUT2D eigenvalue weighted by Crippen LogP contribution is 2.22. The summed E-state index contributed by atoms with van der Waals surface area (Å²) in [4.78, 5) is 19.3. The second-order valence-corrected chi connectivity index (χ2v) is 9.27. The normalized spacial score (nSPS) is 11.8. The van der Waals surface area contributed by atoms with Crippen LogP contribution < -0.4 is 10.2 Å². The Morgan fingerprint density at radius 2 is 1.89 bits per heavy atom. The second kappa shape index (κ2) is 12.3. The third kappa shape index (κ3) is 7.75. The van der Waals surface area contributed by atoms with E-state index in [0.717, 1.165) is 29.3 Å². The third-order valence-electron chi connectivity index (χ3n) is 5.66. The molecule has 0 fully saturated rings. The first-order valence-electron chi connectivity index (χ1n) is 11.7. The van der Waals surface area contributed by atoms with Gasteiger partial charge in [-0.15, -0.1) is 0 Å². The Morgan fingerprint density at radius 1 is 1.09 bits per heavy atom.